The summed E-state index contributed by atoms with van der Waals surface area (Å²) in [4.78, 5) is 0. The van der Waals surface area contributed by atoms with E-state index in [1.807, 2.05) is 0 Å². The van der Waals surface area contributed by atoms with Gasteiger partial charge in [-0.25, -0.2) is 4.39 Å². The molecule has 0 aliphatic heterocycles. The third-order valence-electron chi connectivity index (χ3n) is 3.38. The van der Waals surface area contributed by atoms with Crippen LogP contribution in [0.3, 0.4) is 0 Å². The van der Waals surface area contributed by atoms with Gasteiger partial charge in [0.2, 0.25) is 0 Å². The molecule has 5 heteroatoms. The second-order valence-corrected chi connectivity index (χ2v) is 6.22. The molecule has 3 N–H and O–H groups in total. The molecule has 0 bridgehead atoms. The van der Waals surface area contributed by atoms with Crippen molar-refractivity contribution >= 4 is 0 Å². The standard InChI is InChI=1S/C16H22FN3O/c1-16(2,3)15-12(9-19-20-15)8-18-10-14(21)11-4-6-13(17)7-5-11/h4-7,9,14,18,21H,8,10H2,1-3H3,(H,19,20)/t14-/m0/s1. The number of aromatic amines is 1. The molecular formula is C16H22FN3O. The van der Waals surface area contributed by atoms with Crippen LogP contribution in [-0.2, 0) is 12.0 Å². The van der Waals surface area contributed by atoms with Crippen LogP contribution >= 0.6 is 0 Å². The first-order valence-corrected chi connectivity index (χ1v) is 7.05. The minimum atomic E-state index is -0.657. The molecule has 1 aromatic heterocycles. The molecule has 0 spiro atoms. The summed E-state index contributed by atoms with van der Waals surface area (Å²) >= 11 is 0. The molecule has 1 aromatic carbocycles. The van der Waals surface area contributed by atoms with Gasteiger partial charge >= 0.3 is 0 Å². The number of aliphatic hydroxyl groups excluding tert-OH is 1. The number of benzene rings is 1. The minimum Gasteiger partial charge on any atom is -0.387 e. The first-order valence-electron chi connectivity index (χ1n) is 7.05. The van der Waals surface area contributed by atoms with Crippen molar-refractivity contribution in [3.63, 3.8) is 0 Å². The number of aromatic nitrogens is 2. The summed E-state index contributed by atoms with van der Waals surface area (Å²) < 4.78 is 12.8. The van der Waals surface area contributed by atoms with E-state index >= 15 is 0 Å². The maximum atomic E-state index is 12.8. The highest BCUT2D eigenvalue weighted by molar-refractivity contribution is 5.23. The van der Waals surface area contributed by atoms with Crippen LogP contribution in [0.4, 0.5) is 4.39 Å². The average molecular weight is 291 g/mol. The molecule has 1 heterocycles. The smallest absolute Gasteiger partial charge is 0.123 e. The van der Waals surface area contributed by atoms with Crippen LogP contribution in [0.2, 0.25) is 0 Å². The monoisotopic (exact) mass is 291 g/mol. The Hall–Kier alpha value is -1.72. The Morgan fingerprint density at radius 2 is 1.95 bits per heavy atom. The van der Waals surface area contributed by atoms with E-state index in [9.17, 15) is 9.50 Å². The van der Waals surface area contributed by atoms with Gasteiger partial charge in [0, 0.05) is 29.8 Å². The molecule has 4 nitrogen and oxygen atoms in total. The van der Waals surface area contributed by atoms with Crippen molar-refractivity contribution in [1.82, 2.24) is 15.5 Å². The Bertz CT molecular complexity index is 572. The number of halogens is 1. The summed E-state index contributed by atoms with van der Waals surface area (Å²) in [6, 6.07) is 5.90. The van der Waals surface area contributed by atoms with Gasteiger partial charge in [0.25, 0.3) is 0 Å². The van der Waals surface area contributed by atoms with E-state index in [0.29, 0.717) is 18.7 Å². The van der Waals surface area contributed by atoms with E-state index in [2.05, 4.69) is 36.3 Å². The second-order valence-electron chi connectivity index (χ2n) is 6.22. The summed E-state index contributed by atoms with van der Waals surface area (Å²) in [7, 11) is 0. The predicted octanol–water partition coefficient (Wildman–Crippen LogP) is 2.67. The summed E-state index contributed by atoms with van der Waals surface area (Å²) in [6.45, 7) is 7.40. The molecule has 0 aliphatic rings. The summed E-state index contributed by atoms with van der Waals surface area (Å²) in [5.41, 5.74) is 2.88. The maximum absolute atomic E-state index is 12.8. The fraction of sp³-hybridized carbons (Fsp3) is 0.438. The van der Waals surface area contributed by atoms with Crippen LogP contribution in [-0.4, -0.2) is 21.8 Å². The number of aliphatic hydroxyl groups is 1. The number of H-pyrrole nitrogens is 1. The molecule has 0 unspecified atom stereocenters. The molecule has 21 heavy (non-hydrogen) atoms. The topological polar surface area (TPSA) is 60.9 Å². The fourth-order valence-corrected chi connectivity index (χ4v) is 2.24. The highest BCUT2D eigenvalue weighted by Crippen LogP contribution is 2.23. The second kappa shape index (κ2) is 6.37. The van der Waals surface area contributed by atoms with Gasteiger partial charge in [-0.15, -0.1) is 0 Å². The summed E-state index contributed by atoms with van der Waals surface area (Å²) in [5, 5.41) is 20.4. The quantitative estimate of drug-likeness (QED) is 0.793. The third kappa shape index (κ3) is 4.12. The number of rotatable bonds is 5. The largest absolute Gasteiger partial charge is 0.387 e. The molecule has 2 rings (SSSR count). The molecular weight excluding hydrogens is 269 g/mol. The van der Waals surface area contributed by atoms with Crippen molar-refractivity contribution < 1.29 is 9.50 Å². The van der Waals surface area contributed by atoms with Crippen molar-refractivity contribution in [2.45, 2.75) is 38.8 Å². The zero-order valence-electron chi connectivity index (χ0n) is 12.7. The molecule has 0 radical (unpaired) electrons. The molecule has 114 valence electrons. The fourth-order valence-electron chi connectivity index (χ4n) is 2.24. The van der Waals surface area contributed by atoms with Crippen molar-refractivity contribution in [3.8, 4) is 0 Å². The van der Waals surface area contributed by atoms with E-state index in [4.69, 9.17) is 0 Å². The Morgan fingerprint density at radius 3 is 2.57 bits per heavy atom. The normalized spacial score (nSPS) is 13.4. The lowest BCUT2D eigenvalue weighted by Gasteiger charge is -2.19. The van der Waals surface area contributed by atoms with E-state index in [-0.39, 0.29) is 11.2 Å². The van der Waals surface area contributed by atoms with Crippen molar-refractivity contribution in [1.29, 1.82) is 0 Å². The van der Waals surface area contributed by atoms with Gasteiger partial charge in [-0.3, -0.25) is 5.10 Å². The SMILES string of the molecule is CC(C)(C)c1[nH]ncc1CNC[C@H](O)c1ccc(F)cc1. The lowest BCUT2D eigenvalue weighted by atomic mass is 9.89. The van der Waals surface area contributed by atoms with Crippen molar-refractivity contribution in [2.75, 3.05) is 6.54 Å². The molecule has 2 aromatic rings. The van der Waals surface area contributed by atoms with Crippen LogP contribution in [0, 0.1) is 5.82 Å². The number of nitrogens with one attached hydrogen (secondary N) is 2. The van der Waals surface area contributed by atoms with Gasteiger partial charge in [0.15, 0.2) is 0 Å². The van der Waals surface area contributed by atoms with Gasteiger partial charge in [0.05, 0.1) is 12.3 Å². The van der Waals surface area contributed by atoms with Crippen molar-refractivity contribution in [2.24, 2.45) is 0 Å². The van der Waals surface area contributed by atoms with Gasteiger partial charge in [0.1, 0.15) is 5.82 Å². The van der Waals surface area contributed by atoms with Gasteiger partial charge in [-0.05, 0) is 17.7 Å². The molecule has 0 saturated heterocycles. The maximum Gasteiger partial charge on any atom is 0.123 e. The molecule has 0 aliphatic carbocycles. The van der Waals surface area contributed by atoms with Crippen LogP contribution < -0.4 is 5.32 Å². The average Bonchev–Trinajstić information content (AvgIpc) is 2.88. The highest BCUT2D eigenvalue weighted by Gasteiger charge is 2.19. The first kappa shape index (κ1) is 15.7. The summed E-state index contributed by atoms with van der Waals surface area (Å²) in [6.07, 6.45) is 1.15. The Balaban J connectivity index is 1.90. The number of hydrogen-bond acceptors (Lipinski definition) is 3. The first-order chi connectivity index (χ1) is 9.88. The van der Waals surface area contributed by atoms with E-state index in [0.717, 1.165) is 11.3 Å². The van der Waals surface area contributed by atoms with Crippen molar-refractivity contribution in [3.05, 3.63) is 53.1 Å². The van der Waals surface area contributed by atoms with Gasteiger partial charge in [-0.2, -0.15) is 5.10 Å². The molecule has 0 amide bonds. The van der Waals surface area contributed by atoms with E-state index in [1.54, 1.807) is 18.3 Å². The lowest BCUT2D eigenvalue weighted by molar-refractivity contribution is 0.174. The zero-order valence-corrected chi connectivity index (χ0v) is 12.7. The van der Waals surface area contributed by atoms with E-state index < -0.39 is 6.10 Å². The predicted molar refractivity (Wildman–Crippen MR) is 80.4 cm³/mol. The highest BCUT2D eigenvalue weighted by atomic mass is 19.1. The Kier molecular flexibility index (Phi) is 4.75. The lowest BCUT2D eigenvalue weighted by Crippen LogP contribution is -2.23. The number of hydrogen-bond donors (Lipinski definition) is 3. The van der Waals surface area contributed by atoms with Crippen LogP contribution in [0.1, 0.15) is 43.7 Å². The van der Waals surface area contributed by atoms with Crippen LogP contribution in [0.5, 0.6) is 0 Å². The van der Waals surface area contributed by atoms with Crippen LogP contribution in [0.15, 0.2) is 30.5 Å². The third-order valence-corrected chi connectivity index (χ3v) is 3.38. The minimum absolute atomic E-state index is 0.00306. The van der Waals surface area contributed by atoms with Gasteiger partial charge in [-0.1, -0.05) is 32.9 Å². The summed E-state index contributed by atoms with van der Waals surface area (Å²) in [5.74, 6) is -0.299. The zero-order chi connectivity index (χ0) is 15.5. The molecule has 0 saturated carbocycles. The van der Waals surface area contributed by atoms with Crippen LogP contribution in [0.25, 0.3) is 0 Å². The van der Waals surface area contributed by atoms with Gasteiger partial charge < -0.3 is 10.4 Å². The Labute approximate surface area is 124 Å². The van der Waals surface area contributed by atoms with E-state index in [1.165, 1.54) is 12.1 Å². The Morgan fingerprint density at radius 1 is 1.29 bits per heavy atom. The number of nitrogens with zero attached hydrogens (tertiary/aromatic N) is 1. The molecule has 0 fully saturated rings. The molecule has 1 atom stereocenters.